The molecule has 2 heterocycles. The molecule has 0 amide bonds. The van der Waals surface area contributed by atoms with E-state index in [2.05, 4.69) is 20.3 Å². The van der Waals surface area contributed by atoms with Gasteiger partial charge in [0.1, 0.15) is 17.5 Å². The second kappa shape index (κ2) is 5.34. The predicted octanol–water partition coefficient (Wildman–Crippen LogP) is 3.02. The molecule has 0 atom stereocenters. The number of anilines is 2. The topological polar surface area (TPSA) is 83.7 Å². The molecule has 0 spiro atoms. The molecule has 0 aliphatic rings. The Hall–Kier alpha value is -2.72. The van der Waals surface area contributed by atoms with Gasteiger partial charge in [0, 0.05) is 5.69 Å². The van der Waals surface area contributed by atoms with Crippen LogP contribution < -0.4 is 10.1 Å². The first-order valence-electron chi connectivity index (χ1n) is 6.15. The fourth-order valence-corrected chi connectivity index (χ4v) is 2.75. The summed E-state index contributed by atoms with van der Waals surface area (Å²) in [7, 11) is 1.63. The van der Waals surface area contributed by atoms with Crippen LogP contribution in [0.5, 0.6) is 5.75 Å². The number of benzene rings is 1. The van der Waals surface area contributed by atoms with Crippen LogP contribution in [0.1, 0.15) is 11.4 Å². The summed E-state index contributed by atoms with van der Waals surface area (Å²) in [4.78, 5) is 12.8. The molecular weight excluding hydrogens is 286 g/mol. The van der Waals surface area contributed by atoms with Crippen LogP contribution in [0.25, 0.3) is 10.2 Å². The summed E-state index contributed by atoms with van der Waals surface area (Å²) in [6.07, 6.45) is 0. The highest BCUT2D eigenvalue weighted by molar-refractivity contribution is 7.22. The van der Waals surface area contributed by atoms with Crippen molar-refractivity contribution >= 4 is 32.6 Å². The van der Waals surface area contributed by atoms with E-state index in [4.69, 9.17) is 10.00 Å². The minimum Gasteiger partial charge on any atom is -0.497 e. The number of ether oxygens (including phenoxy) is 1. The van der Waals surface area contributed by atoms with E-state index in [1.54, 1.807) is 13.2 Å². The number of nitrogens with zero attached hydrogens (tertiary/aromatic N) is 4. The van der Waals surface area contributed by atoms with Gasteiger partial charge in [-0.1, -0.05) is 11.3 Å². The number of rotatable bonds is 3. The van der Waals surface area contributed by atoms with E-state index in [0.29, 0.717) is 16.8 Å². The monoisotopic (exact) mass is 297 g/mol. The van der Waals surface area contributed by atoms with Gasteiger partial charge in [-0.05, 0) is 31.2 Å². The summed E-state index contributed by atoms with van der Waals surface area (Å²) in [6.45, 7) is 1.82. The van der Waals surface area contributed by atoms with Crippen molar-refractivity contribution in [3.05, 3.63) is 35.7 Å². The lowest BCUT2D eigenvalue weighted by Gasteiger charge is -2.01. The summed E-state index contributed by atoms with van der Waals surface area (Å²) in [5.41, 5.74) is 1.93. The molecular formula is C14H11N5OS. The maximum Gasteiger partial charge on any atom is 0.230 e. The quantitative estimate of drug-likeness (QED) is 0.800. The second-order valence-electron chi connectivity index (χ2n) is 4.31. The van der Waals surface area contributed by atoms with Gasteiger partial charge in [0.05, 0.1) is 17.3 Å². The maximum absolute atomic E-state index is 8.93. The minimum atomic E-state index is 0.327. The number of nitriles is 1. The molecule has 1 aromatic carbocycles. The van der Waals surface area contributed by atoms with Gasteiger partial charge in [0.2, 0.25) is 5.95 Å². The van der Waals surface area contributed by atoms with E-state index < -0.39 is 0 Å². The molecule has 3 aromatic rings. The van der Waals surface area contributed by atoms with Crippen LogP contribution in [0, 0.1) is 18.3 Å². The summed E-state index contributed by atoms with van der Waals surface area (Å²) < 4.78 is 6.20. The van der Waals surface area contributed by atoms with Crippen molar-refractivity contribution in [3.63, 3.8) is 0 Å². The third kappa shape index (κ3) is 2.75. The number of methoxy groups -OCH3 is 1. The molecule has 0 radical (unpaired) electrons. The van der Waals surface area contributed by atoms with Crippen molar-refractivity contribution in [2.45, 2.75) is 6.92 Å². The number of aryl methyl sites for hydroxylation is 1. The van der Waals surface area contributed by atoms with Crippen molar-refractivity contribution in [2.75, 3.05) is 12.4 Å². The minimum absolute atomic E-state index is 0.327. The highest BCUT2D eigenvalue weighted by Crippen LogP contribution is 2.30. The zero-order valence-corrected chi connectivity index (χ0v) is 12.2. The Bertz CT molecular complexity index is 852. The van der Waals surface area contributed by atoms with E-state index in [1.807, 2.05) is 31.2 Å². The molecule has 0 aliphatic carbocycles. The van der Waals surface area contributed by atoms with E-state index in [-0.39, 0.29) is 0 Å². The van der Waals surface area contributed by atoms with Crippen molar-refractivity contribution in [1.29, 1.82) is 5.26 Å². The van der Waals surface area contributed by atoms with Crippen molar-refractivity contribution in [3.8, 4) is 11.8 Å². The second-order valence-corrected chi connectivity index (χ2v) is 5.34. The van der Waals surface area contributed by atoms with E-state index in [9.17, 15) is 0 Å². The summed E-state index contributed by atoms with van der Waals surface area (Å²) in [5.74, 6) is 1.16. The molecule has 0 aliphatic heterocycles. The number of hydrogen-bond donors (Lipinski definition) is 1. The SMILES string of the molecule is COc1ccc2nc(Nc3nc(C)cc(C#N)n3)sc2c1. The number of hydrogen-bond acceptors (Lipinski definition) is 7. The standard InChI is InChI=1S/C14H11N5OS/c1-8-5-9(7-15)17-13(16-8)19-14-18-11-4-3-10(20-2)6-12(11)21-14/h3-6H,1-2H3,(H,16,17,18,19). The molecule has 3 rings (SSSR count). The average molecular weight is 297 g/mol. The van der Waals surface area contributed by atoms with E-state index >= 15 is 0 Å². The first-order valence-corrected chi connectivity index (χ1v) is 6.97. The van der Waals surface area contributed by atoms with Crippen LogP contribution in [-0.2, 0) is 0 Å². The zero-order valence-electron chi connectivity index (χ0n) is 11.4. The smallest absolute Gasteiger partial charge is 0.230 e. The van der Waals surface area contributed by atoms with Gasteiger partial charge in [-0.2, -0.15) is 5.26 Å². The molecule has 7 heteroatoms. The van der Waals surface area contributed by atoms with Gasteiger partial charge in [0.25, 0.3) is 0 Å². The third-order valence-electron chi connectivity index (χ3n) is 2.78. The van der Waals surface area contributed by atoms with Crippen molar-refractivity contribution in [1.82, 2.24) is 15.0 Å². The van der Waals surface area contributed by atoms with Gasteiger partial charge in [-0.25, -0.2) is 15.0 Å². The first kappa shape index (κ1) is 13.3. The van der Waals surface area contributed by atoms with Crippen LogP contribution in [0.15, 0.2) is 24.3 Å². The van der Waals surface area contributed by atoms with E-state index in [1.165, 1.54) is 11.3 Å². The van der Waals surface area contributed by atoms with Crippen LogP contribution in [0.2, 0.25) is 0 Å². The van der Waals surface area contributed by atoms with Crippen LogP contribution in [0.3, 0.4) is 0 Å². The van der Waals surface area contributed by atoms with Crippen LogP contribution in [-0.4, -0.2) is 22.1 Å². The Morgan fingerprint density at radius 2 is 2.10 bits per heavy atom. The van der Waals surface area contributed by atoms with Crippen LogP contribution >= 0.6 is 11.3 Å². The Balaban J connectivity index is 1.94. The normalized spacial score (nSPS) is 10.3. The number of nitrogens with one attached hydrogen (secondary N) is 1. The van der Waals surface area contributed by atoms with Gasteiger partial charge >= 0.3 is 0 Å². The van der Waals surface area contributed by atoms with Gasteiger partial charge < -0.3 is 4.74 Å². The summed E-state index contributed by atoms with van der Waals surface area (Å²) in [6, 6.07) is 9.33. The molecule has 0 unspecified atom stereocenters. The van der Waals surface area contributed by atoms with Gasteiger partial charge in [0.15, 0.2) is 5.13 Å². The molecule has 21 heavy (non-hydrogen) atoms. The molecule has 0 saturated heterocycles. The highest BCUT2D eigenvalue weighted by Gasteiger charge is 2.08. The largest absolute Gasteiger partial charge is 0.497 e. The van der Waals surface area contributed by atoms with Crippen LogP contribution in [0.4, 0.5) is 11.1 Å². The maximum atomic E-state index is 8.93. The molecule has 0 bridgehead atoms. The fourth-order valence-electron chi connectivity index (χ4n) is 1.86. The first-order chi connectivity index (χ1) is 10.2. The van der Waals surface area contributed by atoms with Crippen molar-refractivity contribution in [2.24, 2.45) is 0 Å². The Labute approximate surface area is 125 Å². The number of fused-ring (bicyclic) bond motifs is 1. The zero-order chi connectivity index (χ0) is 14.8. The lowest BCUT2D eigenvalue weighted by molar-refractivity contribution is 0.415. The lowest BCUT2D eigenvalue weighted by atomic mass is 10.3. The molecule has 6 nitrogen and oxygen atoms in total. The van der Waals surface area contributed by atoms with E-state index in [0.717, 1.165) is 21.7 Å². The fraction of sp³-hybridized carbons (Fsp3) is 0.143. The summed E-state index contributed by atoms with van der Waals surface area (Å²) in [5, 5.41) is 12.6. The Kier molecular flexibility index (Phi) is 3.38. The molecule has 0 fully saturated rings. The van der Waals surface area contributed by atoms with Gasteiger partial charge in [-0.15, -0.1) is 0 Å². The Morgan fingerprint density at radius 3 is 2.86 bits per heavy atom. The predicted molar refractivity (Wildman–Crippen MR) is 80.9 cm³/mol. The van der Waals surface area contributed by atoms with Gasteiger partial charge in [-0.3, -0.25) is 5.32 Å². The molecule has 1 N–H and O–H groups in total. The Morgan fingerprint density at radius 1 is 1.24 bits per heavy atom. The summed E-state index contributed by atoms with van der Waals surface area (Å²) >= 11 is 1.48. The number of thiazole rings is 1. The van der Waals surface area contributed by atoms with Crippen molar-refractivity contribution < 1.29 is 4.74 Å². The number of aromatic nitrogens is 3. The molecule has 2 aromatic heterocycles. The highest BCUT2D eigenvalue weighted by atomic mass is 32.1. The molecule has 0 saturated carbocycles. The third-order valence-corrected chi connectivity index (χ3v) is 3.72. The molecule has 104 valence electrons. The average Bonchev–Trinajstić information content (AvgIpc) is 2.87. The lowest BCUT2D eigenvalue weighted by Crippen LogP contribution is -1.99.